The topological polar surface area (TPSA) is 140 Å². The van der Waals surface area contributed by atoms with Gasteiger partial charge in [-0.2, -0.15) is 26.3 Å². The number of carbonyl (C=O) groups is 2. The summed E-state index contributed by atoms with van der Waals surface area (Å²) in [6, 6.07) is 24.1. The molecule has 3 saturated heterocycles. The summed E-state index contributed by atoms with van der Waals surface area (Å²) in [5.41, 5.74) is 2.73. The van der Waals surface area contributed by atoms with Gasteiger partial charge < -0.3 is 39.2 Å². The molecular formula is C53H53BCl2F6IN7O6. The highest BCUT2D eigenvalue weighted by molar-refractivity contribution is 14.1. The molecule has 3 aliphatic rings. The van der Waals surface area contributed by atoms with Crippen LogP contribution in [0.2, 0.25) is 10.2 Å². The van der Waals surface area contributed by atoms with Crippen molar-refractivity contribution in [2.45, 2.75) is 65.1 Å². The van der Waals surface area contributed by atoms with Crippen molar-refractivity contribution in [1.29, 1.82) is 0 Å². The average molecular weight is 1210 g/mol. The Hall–Kier alpha value is -5.56. The summed E-state index contributed by atoms with van der Waals surface area (Å²) in [5.74, 6) is -0.604. The fourth-order valence-corrected chi connectivity index (χ4v) is 9.22. The van der Waals surface area contributed by atoms with Gasteiger partial charge in [0.05, 0.1) is 37.6 Å². The Morgan fingerprint density at radius 2 is 1.14 bits per heavy atom. The molecule has 0 atom stereocenters. The molecule has 3 aromatic heterocycles. The van der Waals surface area contributed by atoms with E-state index in [-0.39, 0.29) is 11.1 Å². The second-order valence-electron chi connectivity index (χ2n) is 18.8. The van der Waals surface area contributed by atoms with Crippen LogP contribution in [0.4, 0.5) is 49.2 Å². The predicted molar refractivity (Wildman–Crippen MR) is 291 cm³/mol. The number of hydrogen-bond donors (Lipinski definition) is 2. The molecule has 23 heteroatoms. The van der Waals surface area contributed by atoms with Gasteiger partial charge in [-0.05, 0) is 165 Å². The fourth-order valence-electron chi connectivity index (χ4n) is 7.95. The van der Waals surface area contributed by atoms with Crippen molar-refractivity contribution in [2.75, 3.05) is 73.0 Å². The summed E-state index contributed by atoms with van der Waals surface area (Å²) >= 11 is 14.6. The molecule has 6 aromatic rings. The molecule has 0 saturated carbocycles. The number of amides is 2. The van der Waals surface area contributed by atoms with Gasteiger partial charge in [-0.1, -0.05) is 40.9 Å². The first-order valence-electron chi connectivity index (χ1n) is 23.8. The summed E-state index contributed by atoms with van der Waals surface area (Å²) in [4.78, 5) is 40.4. The number of ether oxygens (including phenoxy) is 2. The Bertz CT molecular complexity index is 3020. The van der Waals surface area contributed by atoms with Gasteiger partial charge in [0.1, 0.15) is 22.4 Å². The molecule has 0 radical (unpaired) electrons. The van der Waals surface area contributed by atoms with Crippen LogP contribution in [0.15, 0.2) is 103 Å². The van der Waals surface area contributed by atoms with Crippen molar-refractivity contribution in [1.82, 2.24) is 15.0 Å². The molecular weight excluding hydrogens is 1150 g/mol. The lowest BCUT2D eigenvalue weighted by Crippen LogP contribution is -2.41. The quantitative estimate of drug-likeness (QED) is 0.0651. The SMILES string of the molecule is Cc1ccc(NC(=O)c2ccnc(C(F)(F)F)c2)cc1-c1cc(Cl)nc(N2CCOCC2)c1.Cc1ccc(NC(=O)c2ccnc(C(F)(F)F)c2)cc1B1OC(C)(C)C(C)(C)O1.Clc1cc(I)cc(N2CCOCC2)c1. The van der Waals surface area contributed by atoms with E-state index in [1.807, 2.05) is 65.8 Å². The molecule has 0 spiro atoms. The van der Waals surface area contributed by atoms with Crippen molar-refractivity contribution < 1.29 is 54.7 Å². The second kappa shape index (κ2) is 24.4. The molecule has 3 fully saturated rings. The number of alkyl halides is 6. The molecule has 2 amide bonds. The van der Waals surface area contributed by atoms with Gasteiger partial charge in [-0.25, -0.2) is 4.98 Å². The lowest BCUT2D eigenvalue weighted by Gasteiger charge is -2.32. The molecule has 3 aliphatic heterocycles. The van der Waals surface area contributed by atoms with E-state index < -0.39 is 53.9 Å². The molecule has 0 bridgehead atoms. The zero-order valence-corrected chi connectivity index (χ0v) is 45.8. The summed E-state index contributed by atoms with van der Waals surface area (Å²) in [7, 11) is -0.616. The van der Waals surface area contributed by atoms with Crippen LogP contribution < -0.4 is 25.9 Å². The molecule has 6 heterocycles. The molecule has 402 valence electrons. The lowest BCUT2D eigenvalue weighted by atomic mass is 9.76. The lowest BCUT2D eigenvalue weighted by molar-refractivity contribution is -0.142. The van der Waals surface area contributed by atoms with Gasteiger partial charge in [0.2, 0.25) is 0 Å². The normalized spacial score (nSPS) is 16.2. The number of morpholine rings is 2. The van der Waals surface area contributed by atoms with E-state index in [1.54, 1.807) is 36.4 Å². The maximum Gasteiger partial charge on any atom is 0.495 e. The standard InChI is InChI=1S/C23H20ClF3N4O2.C20H22BF3N2O3.C10H11ClINO/c1-14-2-3-17(29-22(32)15-4-5-28-19(10-15)23(25,26)27)13-18(14)16-11-20(24)30-21(12-16)31-6-8-33-9-7-31;1-12-6-7-14(11-15(12)21-28-18(2,3)19(4,5)29-21)26-17(27)13-8-9-25-16(10-13)20(22,23)24;11-8-5-9(12)7-10(6-8)13-1-3-14-4-2-13/h2-5,10-13H,6-9H2,1H3,(H,29,32);6-11H,1-5H3,(H,26,27);5-7H,1-4H2. The molecule has 9 rings (SSSR count). The van der Waals surface area contributed by atoms with Crippen molar-refractivity contribution in [3.63, 3.8) is 0 Å². The maximum absolute atomic E-state index is 12.9. The van der Waals surface area contributed by atoms with Crippen LogP contribution >= 0.6 is 45.8 Å². The van der Waals surface area contributed by atoms with Gasteiger partial charge in [0.15, 0.2) is 0 Å². The number of nitrogens with one attached hydrogen (secondary N) is 2. The van der Waals surface area contributed by atoms with E-state index >= 15 is 0 Å². The summed E-state index contributed by atoms with van der Waals surface area (Å²) < 4.78 is 101. The Labute approximate surface area is 460 Å². The van der Waals surface area contributed by atoms with E-state index in [2.05, 4.69) is 64.0 Å². The predicted octanol–water partition coefficient (Wildman–Crippen LogP) is 12.0. The van der Waals surface area contributed by atoms with Crippen LogP contribution in [0.25, 0.3) is 11.1 Å². The van der Waals surface area contributed by atoms with Crippen LogP contribution in [0, 0.1) is 17.4 Å². The molecule has 76 heavy (non-hydrogen) atoms. The smallest absolute Gasteiger partial charge is 0.399 e. The zero-order valence-electron chi connectivity index (χ0n) is 42.1. The van der Waals surface area contributed by atoms with Gasteiger partial charge >= 0.3 is 19.5 Å². The number of hydrogen-bond acceptors (Lipinski definition) is 11. The molecule has 0 aliphatic carbocycles. The van der Waals surface area contributed by atoms with Crippen molar-refractivity contribution in [3.8, 4) is 11.1 Å². The number of anilines is 4. The van der Waals surface area contributed by atoms with E-state index in [9.17, 15) is 35.9 Å². The summed E-state index contributed by atoms with van der Waals surface area (Å²) in [6.45, 7) is 17.7. The first-order valence-corrected chi connectivity index (χ1v) is 25.7. The second-order valence-corrected chi connectivity index (χ2v) is 20.9. The number of carbonyl (C=O) groups excluding carboxylic acids is 2. The molecule has 3 aromatic carbocycles. The van der Waals surface area contributed by atoms with E-state index in [4.69, 9.17) is 42.0 Å². The molecule has 2 N–H and O–H groups in total. The van der Waals surface area contributed by atoms with E-state index in [0.29, 0.717) is 42.8 Å². The number of aromatic nitrogens is 3. The minimum atomic E-state index is -4.63. The number of aryl methyl sites for hydroxylation is 2. The van der Waals surface area contributed by atoms with Gasteiger partial charge in [0.25, 0.3) is 11.8 Å². The highest BCUT2D eigenvalue weighted by Crippen LogP contribution is 2.38. The monoisotopic (exact) mass is 1210 g/mol. The van der Waals surface area contributed by atoms with Gasteiger partial charge in [-0.3, -0.25) is 19.6 Å². The summed E-state index contributed by atoms with van der Waals surface area (Å²) in [5, 5.41) is 6.42. The Balaban J connectivity index is 0.000000178. The Morgan fingerprint density at radius 1 is 0.645 bits per heavy atom. The van der Waals surface area contributed by atoms with Crippen LogP contribution in [0.1, 0.15) is 70.9 Å². The number of rotatable bonds is 8. The van der Waals surface area contributed by atoms with E-state index in [0.717, 1.165) is 89.4 Å². The summed E-state index contributed by atoms with van der Waals surface area (Å²) in [6.07, 6.45) is -7.33. The third kappa shape index (κ3) is 15.1. The minimum absolute atomic E-state index is 0.134. The van der Waals surface area contributed by atoms with Crippen LogP contribution in [-0.4, -0.2) is 97.7 Å². The Morgan fingerprint density at radius 3 is 1.66 bits per heavy atom. The number of halogens is 9. The minimum Gasteiger partial charge on any atom is -0.399 e. The van der Waals surface area contributed by atoms with E-state index in [1.165, 1.54) is 21.4 Å². The van der Waals surface area contributed by atoms with Crippen molar-refractivity contribution >= 4 is 93.1 Å². The number of nitrogens with zero attached hydrogens (tertiary/aromatic N) is 5. The number of benzene rings is 3. The van der Waals surface area contributed by atoms with Crippen molar-refractivity contribution in [3.05, 3.63) is 151 Å². The van der Waals surface area contributed by atoms with Gasteiger partial charge in [-0.15, -0.1) is 0 Å². The average Bonchev–Trinajstić information content (AvgIpc) is 3.60. The number of pyridine rings is 3. The largest absolute Gasteiger partial charge is 0.495 e. The van der Waals surface area contributed by atoms with Crippen LogP contribution in [0.5, 0.6) is 0 Å². The van der Waals surface area contributed by atoms with Gasteiger partial charge in [0, 0.05) is 75.4 Å². The highest BCUT2D eigenvalue weighted by Gasteiger charge is 2.52. The Kier molecular flexibility index (Phi) is 18.7. The van der Waals surface area contributed by atoms with Crippen LogP contribution in [-0.2, 0) is 31.1 Å². The fraction of sp³-hybridized carbons (Fsp3) is 0.340. The maximum atomic E-state index is 12.9. The highest BCUT2D eigenvalue weighted by atomic mass is 127. The van der Waals surface area contributed by atoms with Crippen molar-refractivity contribution in [2.24, 2.45) is 0 Å². The first kappa shape index (κ1) is 58.1. The first-order chi connectivity index (χ1) is 35.8. The zero-order chi connectivity index (χ0) is 55.2. The van der Waals surface area contributed by atoms with Crippen LogP contribution in [0.3, 0.4) is 0 Å². The third-order valence-corrected chi connectivity index (χ3v) is 13.8. The molecule has 13 nitrogen and oxygen atoms in total. The molecule has 0 unspecified atom stereocenters. The third-order valence-electron chi connectivity index (χ3n) is 12.8.